The maximum absolute atomic E-state index is 12.4. The smallest absolute Gasteiger partial charge is 0.385 e. The maximum atomic E-state index is 12.4. The van der Waals surface area contributed by atoms with Crippen molar-refractivity contribution in [2.45, 2.75) is 12.6 Å². The highest BCUT2D eigenvalue weighted by atomic mass is 35.5. The third-order valence-electron chi connectivity index (χ3n) is 3.02. The van der Waals surface area contributed by atoms with Crippen molar-refractivity contribution in [3.8, 4) is 0 Å². The molecular weight excluding hydrogens is 329 g/mol. The van der Waals surface area contributed by atoms with Crippen molar-refractivity contribution >= 4 is 28.9 Å². The summed E-state index contributed by atoms with van der Waals surface area (Å²) in [5, 5.41) is 6.22. The fourth-order valence-electron chi connectivity index (χ4n) is 1.85. The van der Waals surface area contributed by atoms with Gasteiger partial charge in [0.25, 0.3) is 0 Å². The summed E-state index contributed by atoms with van der Waals surface area (Å²) in [5.41, 5.74) is 0.408. The zero-order valence-corrected chi connectivity index (χ0v) is 12.7. The van der Waals surface area contributed by atoms with Crippen LogP contribution in [0.25, 0.3) is 0 Å². The van der Waals surface area contributed by atoms with Crippen LogP contribution < -0.4 is 10.6 Å². The van der Waals surface area contributed by atoms with Gasteiger partial charge >= 0.3 is 6.18 Å². The third-order valence-corrected chi connectivity index (χ3v) is 3.27. The Labute approximate surface area is 136 Å². The number of hydrogen-bond donors (Lipinski definition) is 2. The highest BCUT2D eigenvalue weighted by Crippen LogP contribution is 2.29. The number of halogens is 4. The van der Waals surface area contributed by atoms with E-state index in [1.54, 1.807) is 24.3 Å². The van der Waals surface area contributed by atoms with Crippen LogP contribution in [0.4, 0.5) is 24.5 Å². The molecule has 0 saturated carbocycles. The molecule has 2 N–H and O–H groups in total. The molecule has 0 bridgehead atoms. The Morgan fingerprint density at radius 3 is 2.09 bits per heavy atom. The lowest BCUT2D eigenvalue weighted by atomic mass is 10.2. The van der Waals surface area contributed by atoms with Crippen LogP contribution in [0.2, 0.25) is 5.02 Å². The number of amides is 1. The fourth-order valence-corrected chi connectivity index (χ4v) is 1.98. The molecule has 0 unspecified atom stereocenters. The summed E-state index contributed by atoms with van der Waals surface area (Å²) in [5.74, 6) is -0.286. The summed E-state index contributed by atoms with van der Waals surface area (Å²) in [4.78, 5) is 11.7. The molecule has 0 fully saturated rings. The Morgan fingerprint density at radius 2 is 1.52 bits per heavy atom. The van der Waals surface area contributed by atoms with Gasteiger partial charge in [0, 0.05) is 29.4 Å². The Morgan fingerprint density at radius 1 is 0.957 bits per heavy atom. The molecule has 0 radical (unpaired) electrons. The van der Waals surface area contributed by atoms with E-state index in [-0.39, 0.29) is 12.3 Å². The highest BCUT2D eigenvalue weighted by Gasteiger charge is 2.29. The van der Waals surface area contributed by atoms with E-state index in [2.05, 4.69) is 10.6 Å². The van der Waals surface area contributed by atoms with Gasteiger partial charge in [-0.3, -0.25) is 4.79 Å². The number of carbonyl (C=O) groups excluding carboxylic acids is 1. The summed E-state index contributed by atoms with van der Waals surface area (Å²) in [6.07, 6.45) is -4.20. The Balaban J connectivity index is 1.79. The fraction of sp³-hybridized carbons (Fsp3) is 0.188. The van der Waals surface area contributed by atoms with Crippen molar-refractivity contribution in [1.29, 1.82) is 0 Å². The van der Waals surface area contributed by atoms with E-state index >= 15 is 0 Å². The highest BCUT2D eigenvalue weighted by molar-refractivity contribution is 6.30. The first kappa shape index (κ1) is 17.1. The minimum atomic E-state index is -4.38. The summed E-state index contributed by atoms with van der Waals surface area (Å²) < 4.78 is 37.3. The molecule has 0 heterocycles. The topological polar surface area (TPSA) is 41.1 Å². The first-order valence-electron chi connectivity index (χ1n) is 6.81. The van der Waals surface area contributed by atoms with Crippen LogP contribution in [0.3, 0.4) is 0 Å². The van der Waals surface area contributed by atoms with Gasteiger partial charge in [-0.25, -0.2) is 0 Å². The largest absolute Gasteiger partial charge is 0.416 e. The SMILES string of the molecule is O=C(CCNc1ccc(Cl)cc1)Nc1ccc(C(F)(F)F)cc1. The molecular formula is C16H14ClF3N2O. The van der Waals surface area contributed by atoms with Crippen LogP contribution in [0, 0.1) is 0 Å². The minimum Gasteiger partial charge on any atom is -0.385 e. The zero-order valence-electron chi connectivity index (χ0n) is 12.0. The van der Waals surface area contributed by atoms with E-state index in [1.807, 2.05) is 0 Å². The van der Waals surface area contributed by atoms with Crippen molar-refractivity contribution in [2.75, 3.05) is 17.2 Å². The number of anilines is 2. The van der Waals surface area contributed by atoms with Gasteiger partial charge in [-0.1, -0.05) is 11.6 Å². The molecule has 3 nitrogen and oxygen atoms in total. The van der Waals surface area contributed by atoms with Crippen LogP contribution in [0.15, 0.2) is 48.5 Å². The van der Waals surface area contributed by atoms with Gasteiger partial charge in [-0.2, -0.15) is 13.2 Å². The van der Waals surface area contributed by atoms with Crippen LogP contribution in [0.1, 0.15) is 12.0 Å². The number of hydrogen-bond acceptors (Lipinski definition) is 2. The van der Waals surface area contributed by atoms with Crippen LogP contribution in [0.5, 0.6) is 0 Å². The third kappa shape index (κ3) is 5.49. The van der Waals surface area contributed by atoms with Gasteiger partial charge in [-0.15, -0.1) is 0 Å². The Kier molecular flexibility index (Phi) is 5.50. The summed E-state index contributed by atoms with van der Waals surface area (Å²) in [6, 6.07) is 11.4. The van der Waals surface area contributed by atoms with E-state index in [9.17, 15) is 18.0 Å². The lowest BCUT2D eigenvalue weighted by molar-refractivity contribution is -0.137. The predicted octanol–water partition coefficient (Wildman–Crippen LogP) is 4.80. The normalized spacial score (nSPS) is 11.1. The van der Waals surface area contributed by atoms with E-state index in [0.717, 1.165) is 17.8 Å². The molecule has 7 heteroatoms. The molecule has 0 spiro atoms. The summed E-state index contributed by atoms with van der Waals surface area (Å²) in [6.45, 7) is 0.397. The lowest BCUT2D eigenvalue weighted by Crippen LogP contribution is -2.16. The summed E-state index contributed by atoms with van der Waals surface area (Å²) >= 11 is 5.76. The molecule has 2 aromatic rings. The number of nitrogens with one attached hydrogen (secondary N) is 2. The quantitative estimate of drug-likeness (QED) is 0.819. The second kappa shape index (κ2) is 7.37. The van der Waals surface area contributed by atoms with Gasteiger partial charge in [-0.05, 0) is 48.5 Å². The van der Waals surface area contributed by atoms with Crippen molar-refractivity contribution in [1.82, 2.24) is 0 Å². The molecule has 122 valence electrons. The molecule has 23 heavy (non-hydrogen) atoms. The molecule has 0 aliphatic rings. The lowest BCUT2D eigenvalue weighted by Gasteiger charge is -2.09. The maximum Gasteiger partial charge on any atom is 0.416 e. The van der Waals surface area contributed by atoms with Gasteiger partial charge in [0.05, 0.1) is 5.56 Å². The van der Waals surface area contributed by atoms with Gasteiger partial charge in [0.15, 0.2) is 0 Å². The number of carbonyl (C=O) groups is 1. The molecule has 2 aromatic carbocycles. The average Bonchev–Trinajstić information content (AvgIpc) is 2.49. The van der Waals surface area contributed by atoms with Gasteiger partial charge < -0.3 is 10.6 Å². The average molecular weight is 343 g/mol. The minimum absolute atomic E-state index is 0.184. The second-order valence-corrected chi connectivity index (χ2v) is 5.24. The first-order valence-corrected chi connectivity index (χ1v) is 7.19. The number of alkyl halides is 3. The number of benzene rings is 2. The van der Waals surface area contributed by atoms with E-state index in [1.165, 1.54) is 12.1 Å². The standard InChI is InChI=1S/C16H14ClF3N2O/c17-12-3-7-13(8-4-12)21-10-9-15(23)22-14-5-1-11(2-6-14)16(18,19)20/h1-8,21H,9-10H2,(H,22,23). The predicted molar refractivity (Wildman–Crippen MR) is 84.6 cm³/mol. The second-order valence-electron chi connectivity index (χ2n) is 4.81. The van der Waals surface area contributed by atoms with E-state index < -0.39 is 11.7 Å². The van der Waals surface area contributed by atoms with Crippen LogP contribution in [-0.2, 0) is 11.0 Å². The van der Waals surface area contributed by atoms with Gasteiger partial charge in [0.2, 0.25) is 5.91 Å². The first-order chi connectivity index (χ1) is 10.8. The van der Waals surface area contributed by atoms with Gasteiger partial charge in [0.1, 0.15) is 0 Å². The summed E-state index contributed by atoms with van der Waals surface area (Å²) in [7, 11) is 0. The van der Waals surface area contributed by atoms with Crippen molar-refractivity contribution < 1.29 is 18.0 Å². The van der Waals surface area contributed by atoms with E-state index in [0.29, 0.717) is 17.3 Å². The molecule has 0 aliphatic carbocycles. The molecule has 0 aromatic heterocycles. The molecule has 0 atom stereocenters. The Bertz CT molecular complexity index is 655. The molecule has 0 aliphatic heterocycles. The molecule has 2 rings (SSSR count). The molecule has 0 saturated heterocycles. The van der Waals surface area contributed by atoms with Crippen molar-refractivity contribution in [3.05, 3.63) is 59.1 Å². The van der Waals surface area contributed by atoms with Crippen LogP contribution >= 0.6 is 11.6 Å². The number of rotatable bonds is 5. The van der Waals surface area contributed by atoms with Crippen molar-refractivity contribution in [3.63, 3.8) is 0 Å². The van der Waals surface area contributed by atoms with E-state index in [4.69, 9.17) is 11.6 Å². The molecule has 1 amide bonds. The zero-order chi connectivity index (χ0) is 16.9. The Hall–Kier alpha value is -2.21. The van der Waals surface area contributed by atoms with Crippen molar-refractivity contribution in [2.24, 2.45) is 0 Å². The van der Waals surface area contributed by atoms with Crippen LogP contribution in [-0.4, -0.2) is 12.5 Å². The monoisotopic (exact) mass is 342 g/mol.